The summed E-state index contributed by atoms with van der Waals surface area (Å²) in [6, 6.07) is 12.7. The van der Waals surface area contributed by atoms with Crippen LogP contribution in [-0.4, -0.2) is 26.5 Å². The Morgan fingerprint density at radius 1 is 1.24 bits per heavy atom. The molecule has 3 N–H and O–H groups in total. The number of hydrogen-bond acceptors (Lipinski definition) is 5. The molecule has 0 atom stereocenters. The van der Waals surface area contributed by atoms with Crippen molar-refractivity contribution in [2.24, 2.45) is 0 Å². The first kappa shape index (κ1) is 17.2. The van der Waals surface area contributed by atoms with E-state index in [0.29, 0.717) is 27.3 Å². The molecule has 1 amide bonds. The lowest BCUT2D eigenvalue weighted by Crippen LogP contribution is -2.16. The maximum Gasteiger partial charge on any atom is 0.234 e. The van der Waals surface area contributed by atoms with Crippen LogP contribution < -0.4 is 11.2 Å². The first-order valence-corrected chi connectivity index (χ1v) is 8.54. The van der Waals surface area contributed by atoms with Crippen LogP contribution >= 0.6 is 23.4 Å². The number of benzene rings is 2. The fourth-order valence-electron chi connectivity index (χ4n) is 2.09. The van der Waals surface area contributed by atoms with Crippen LogP contribution in [0.25, 0.3) is 11.4 Å². The van der Waals surface area contributed by atoms with Gasteiger partial charge in [-0.3, -0.25) is 4.79 Å². The van der Waals surface area contributed by atoms with Crippen LogP contribution in [-0.2, 0) is 4.79 Å². The summed E-state index contributed by atoms with van der Waals surface area (Å²) in [5.41, 5.74) is 1.11. The summed E-state index contributed by atoms with van der Waals surface area (Å²) in [6.07, 6.45) is 0. The number of carbonyl (C=O) groups is 1. The Bertz CT molecular complexity index is 917. The number of thioether (sulfide) groups is 1. The molecule has 1 heterocycles. The molecule has 0 bridgehead atoms. The van der Waals surface area contributed by atoms with Crippen molar-refractivity contribution in [2.75, 3.05) is 16.9 Å². The van der Waals surface area contributed by atoms with E-state index in [4.69, 9.17) is 17.4 Å². The van der Waals surface area contributed by atoms with Gasteiger partial charge in [0.25, 0.3) is 0 Å². The van der Waals surface area contributed by atoms with Crippen LogP contribution in [0.1, 0.15) is 0 Å². The molecule has 0 unspecified atom stereocenters. The molecule has 128 valence electrons. The third-order valence-electron chi connectivity index (χ3n) is 3.19. The average Bonchev–Trinajstić information content (AvgIpc) is 2.94. The Morgan fingerprint density at radius 3 is 2.80 bits per heavy atom. The summed E-state index contributed by atoms with van der Waals surface area (Å²) < 4.78 is 14.5. The first-order chi connectivity index (χ1) is 12.0. The number of hydrogen-bond donors (Lipinski definition) is 2. The molecule has 0 aliphatic carbocycles. The smallest absolute Gasteiger partial charge is 0.234 e. The zero-order valence-electron chi connectivity index (χ0n) is 12.8. The van der Waals surface area contributed by atoms with E-state index < -0.39 is 5.82 Å². The zero-order valence-corrected chi connectivity index (χ0v) is 14.4. The maximum absolute atomic E-state index is 13.3. The minimum Gasteiger partial charge on any atom is -0.335 e. The van der Waals surface area contributed by atoms with Gasteiger partial charge in [-0.05, 0) is 30.3 Å². The standard InChI is InChI=1S/C16H13ClFN5OS/c17-11-4-2-6-13(8-11)20-14(24)9-25-16-22-21-15(23(16)19)10-3-1-5-12(18)7-10/h1-8H,9,19H2,(H,20,24). The molecule has 0 saturated carbocycles. The van der Waals surface area contributed by atoms with E-state index in [1.54, 1.807) is 36.4 Å². The number of nitrogens with one attached hydrogen (secondary N) is 1. The van der Waals surface area contributed by atoms with Gasteiger partial charge in [-0.2, -0.15) is 0 Å². The molecule has 25 heavy (non-hydrogen) atoms. The predicted octanol–water partition coefficient (Wildman–Crippen LogP) is 3.18. The molecule has 2 aromatic carbocycles. The highest BCUT2D eigenvalue weighted by atomic mass is 35.5. The molecule has 9 heteroatoms. The summed E-state index contributed by atoms with van der Waals surface area (Å²) >= 11 is 7.00. The molecule has 3 aromatic rings. The van der Waals surface area contributed by atoms with Gasteiger partial charge in [-0.1, -0.05) is 41.6 Å². The van der Waals surface area contributed by atoms with Crippen molar-refractivity contribution >= 4 is 35.0 Å². The van der Waals surface area contributed by atoms with E-state index in [1.165, 1.54) is 16.8 Å². The third-order valence-corrected chi connectivity index (χ3v) is 4.37. The Labute approximate surface area is 152 Å². The number of aromatic nitrogens is 3. The van der Waals surface area contributed by atoms with Crippen molar-refractivity contribution in [3.8, 4) is 11.4 Å². The second kappa shape index (κ2) is 7.54. The lowest BCUT2D eigenvalue weighted by molar-refractivity contribution is -0.113. The molecular weight excluding hydrogens is 365 g/mol. The van der Waals surface area contributed by atoms with Crippen LogP contribution in [0.2, 0.25) is 5.02 Å². The van der Waals surface area contributed by atoms with Crippen molar-refractivity contribution in [1.29, 1.82) is 0 Å². The number of nitrogens with zero attached hydrogens (tertiary/aromatic N) is 3. The maximum atomic E-state index is 13.3. The second-order valence-corrected chi connectivity index (χ2v) is 6.41. The second-order valence-electron chi connectivity index (χ2n) is 5.03. The van der Waals surface area contributed by atoms with E-state index >= 15 is 0 Å². The predicted molar refractivity (Wildman–Crippen MR) is 96.4 cm³/mol. The van der Waals surface area contributed by atoms with E-state index in [-0.39, 0.29) is 11.7 Å². The van der Waals surface area contributed by atoms with E-state index in [1.807, 2.05) is 0 Å². The summed E-state index contributed by atoms with van der Waals surface area (Å²) in [5, 5.41) is 11.5. The Hall–Kier alpha value is -2.58. The van der Waals surface area contributed by atoms with Gasteiger partial charge in [0.1, 0.15) is 5.82 Å². The van der Waals surface area contributed by atoms with Crippen LogP contribution in [0, 0.1) is 5.82 Å². The lowest BCUT2D eigenvalue weighted by Gasteiger charge is -2.06. The normalized spacial score (nSPS) is 10.6. The van der Waals surface area contributed by atoms with Gasteiger partial charge < -0.3 is 11.2 Å². The molecule has 0 fully saturated rings. The topological polar surface area (TPSA) is 85.8 Å². The number of nitrogen functional groups attached to an aromatic ring is 1. The molecule has 6 nitrogen and oxygen atoms in total. The van der Waals surface area contributed by atoms with Gasteiger partial charge in [0.2, 0.25) is 11.1 Å². The lowest BCUT2D eigenvalue weighted by atomic mass is 10.2. The summed E-state index contributed by atoms with van der Waals surface area (Å²) in [6.45, 7) is 0. The monoisotopic (exact) mass is 377 g/mol. The largest absolute Gasteiger partial charge is 0.335 e. The van der Waals surface area contributed by atoms with Crippen molar-refractivity contribution in [1.82, 2.24) is 14.9 Å². The van der Waals surface area contributed by atoms with Crippen molar-refractivity contribution < 1.29 is 9.18 Å². The van der Waals surface area contributed by atoms with E-state index in [9.17, 15) is 9.18 Å². The van der Waals surface area contributed by atoms with Gasteiger partial charge in [0, 0.05) is 16.3 Å². The fourth-order valence-corrected chi connectivity index (χ4v) is 2.94. The van der Waals surface area contributed by atoms with Crippen LogP contribution in [0.4, 0.5) is 10.1 Å². The average molecular weight is 378 g/mol. The highest BCUT2D eigenvalue weighted by Gasteiger charge is 2.14. The van der Waals surface area contributed by atoms with E-state index in [0.717, 1.165) is 11.8 Å². The highest BCUT2D eigenvalue weighted by molar-refractivity contribution is 7.99. The van der Waals surface area contributed by atoms with Crippen LogP contribution in [0.3, 0.4) is 0 Å². The van der Waals surface area contributed by atoms with Gasteiger partial charge in [0.05, 0.1) is 5.75 Å². The van der Waals surface area contributed by atoms with Gasteiger partial charge >= 0.3 is 0 Å². The van der Waals surface area contributed by atoms with Gasteiger partial charge in [-0.15, -0.1) is 10.2 Å². The van der Waals surface area contributed by atoms with Gasteiger partial charge in [0.15, 0.2) is 5.82 Å². The van der Waals surface area contributed by atoms with E-state index in [2.05, 4.69) is 15.5 Å². The molecule has 0 spiro atoms. The Balaban J connectivity index is 1.65. The SMILES string of the molecule is Nn1c(SCC(=O)Nc2cccc(Cl)c2)nnc1-c1cccc(F)c1. The molecule has 0 radical (unpaired) electrons. The quantitative estimate of drug-likeness (QED) is 0.527. The Kier molecular flexibility index (Phi) is 5.20. The number of amides is 1. The highest BCUT2D eigenvalue weighted by Crippen LogP contribution is 2.22. The van der Waals surface area contributed by atoms with Crippen molar-refractivity contribution in [3.63, 3.8) is 0 Å². The van der Waals surface area contributed by atoms with Crippen molar-refractivity contribution in [3.05, 3.63) is 59.4 Å². The summed E-state index contributed by atoms with van der Waals surface area (Å²) in [7, 11) is 0. The fraction of sp³-hybridized carbons (Fsp3) is 0.0625. The zero-order chi connectivity index (χ0) is 17.8. The molecule has 1 aromatic heterocycles. The minimum atomic E-state index is -0.393. The van der Waals surface area contributed by atoms with Crippen LogP contribution in [0.15, 0.2) is 53.7 Å². The van der Waals surface area contributed by atoms with Gasteiger partial charge in [-0.25, -0.2) is 9.07 Å². The number of rotatable bonds is 5. The number of halogens is 2. The molecule has 0 aliphatic rings. The molecular formula is C16H13ClFN5OS. The number of nitrogens with two attached hydrogens (primary N) is 1. The first-order valence-electron chi connectivity index (χ1n) is 7.17. The molecule has 3 rings (SSSR count). The molecule has 0 aliphatic heterocycles. The Morgan fingerprint density at radius 2 is 2.04 bits per heavy atom. The third kappa shape index (κ3) is 4.28. The van der Waals surface area contributed by atoms with Crippen LogP contribution in [0.5, 0.6) is 0 Å². The summed E-state index contributed by atoms with van der Waals surface area (Å²) in [4.78, 5) is 12.0. The number of carbonyl (C=O) groups excluding carboxylic acids is 1. The summed E-state index contributed by atoms with van der Waals surface area (Å²) in [5.74, 6) is 5.72. The number of anilines is 1. The van der Waals surface area contributed by atoms with Crippen molar-refractivity contribution in [2.45, 2.75) is 5.16 Å². The molecule has 0 saturated heterocycles. The minimum absolute atomic E-state index is 0.0883.